The third-order valence-corrected chi connectivity index (χ3v) is 0.311. The number of hydrogen-bond acceptors (Lipinski definition) is 4. The largest absolute Gasteiger partial charge is 0.299 e. The van der Waals surface area contributed by atoms with Crippen molar-refractivity contribution in [3.05, 3.63) is 0 Å². The van der Waals surface area contributed by atoms with Crippen LogP contribution in [-0.4, -0.2) is 5.55 Å². The summed E-state index contributed by atoms with van der Waals surface area (Å²) in [5.74, 6) is 4.45. The van der Waals surface area contributed by atoms with Gasteiger partial charge in [-0.1, -0.05) is 0 Å². The van der Waals surface area contributed by atoms with Gasteiger partial charge >= 0.3 is 0 Å². The van der Waals surface area contributed by atoms with Crippen LogP contribution >= 0.6 is 12.0 Å². The quantitative estimate of drug-likeness (QED) is 0.220. The lowest BCUT2D eigenvalue weighted by molar-refractivity contribution is 0.403. The van der Waals surface area contributed by atoms with Crippen molar-refractivity contribution in [2.45, 2.75) is 0 Å². The van der Waals surface area contributed by atoms with Crippen molar-refractivity contribution in [3.63, 3.8) is 0 Å². The minimum atomic E-state index is 0.782. The molecule has 0 aliphatic rings. The van der Waals surface area contributed by atoms with Gasteiger partial charge in [0.25, 0.3) is 0 Å². The van der Waals surface area contributed by atoms with Gasteiger partial charge in [-0.25, -0.2) is 10.2 Å². The lowest BCUT2D eigenvalue weighted by Gasteiger charge is -1.75. The van der Waals surface area contributed by atoms with Crippen molar-refractivity contribution in [1.29, 1.82) is 5.41 Å². The molecular formula is CH4N2OS. The maximum atomic E-state index is 6.24. The van der Waals surface area contributed by atoms with E-state index in [1.165, 1.54) is 0 Å². The van der Waals surface area contributed by atoms with E-state index in [2.05, 4.69) is 10.2 Å². The first-order valence-corrected chi connectivity index (χ1v) is 1.73. The van der Waals surface area contributed by atoms with Gasteiger partial charge in [0, 0.05) is 0 Å². The molecule has 0 spiro atoms. The van der Waals surface area contributed by atoms with Gasteiger partial charge < -0.3 is 0 Å². The molecule has 0 amide bonds. The molecule has 0 heterocycles. The van der Waals surface area contributed by atoms with E-state index in [1.807, 2.05) is 0 Å². The van der Waals surface area contributed by atoms with Crippen LogP contribution < -0.4 is 5.90 Å². The lowest BCUT2D eigenvalue weighted by atomic mass is 11.7. The third-order valence-electron chi connectivity index (χ3n) is 0.104. The van der Waals surface area contributed by atoms with E-state index in [-0.39, 0.29) is 0 Å². The second kappa shape index (κ2) is 3.94. The van der Waals surface area contributed by atoms with Gasteiger partial charge in [0.1, 0.15) is 0 Å². The molecule has 0 saturated carbocycles. The molecule has 3 N–H and O–H groups in total. The second-order valence-electron chi connectivity index (χ2n) is 0.310. The summed E-state index contributed by atoms with van der Waals surface area (Å²) in [7, 11) is 0. The molecular weight excluding hydrogens is 88.1 g/mol. The van der Waals surface area contributed by atoms with Gasteiger partial charge in [0.15, 0.2) is 0 Å². The molecule has 3 nitrogen and oxygen atoms in total. The highest BCUT2D eigenvalue weighted by atomic mass is 32.2. The zero-order chi connectivity index (χ0) is 4.12. The van der Waals surface area contributed by atoms with Crippen LogP contribution in [0.4, 0.5) is 0 Å². The molecule has 30 valence electrons. The zero-order valence-corrected chi connectivity index (χ0v) is 3.29. The number of hydrogen-bond donors (Lipinski definition) is 2. The molecule has 0 radical (unpaired) electrons. The first-order chi connectivity index (χ1) is 2.41. The molecule has 0 rings (SSSR count). The zero-order valence-electron chi connectivity index (χ0n) is 2.47. The van der Waals surface area contributed by atoms with Gasteiger partial charge in [-0.05, 0) is 0 Å². The maximum absolute atomic E-state index is 6.24. The van der Waals surface area contributed by atoms with Gasteiger partial charge in [0.2, 0.25) is 0 Å². The van der Waals surface area contributed by atoms with E-state index in [1.54, 1.807) is 0 Å². The summed E-state index contributed by atoms with van der Waals surface area (Å²) in [6, 6.07) is 0. The van der Waals surface area contributed by atoms with Crippen LogP contribution in [0.5, 0.6) is 0 Å². The fourth-order valence-electron chi connectivity index (χ4n) is 0.0278. The number of rotatable bonds is 2. The van der Waals surface area contributed by atoms with Crippen LogP contribution in [-0.2, 0) is 4.28 Å². The Labute approximate surface area is 34.2 Å². The van der Waals surface area contributed by atoms with Crippen molar-refractivity contribution in [3.8, 4) is 0 Å². The Kier molecular flexibility index (Phi) is 3.89. The van der Waals surface area contributed by atoms with Crippen LogP contribution in [0.1, 0.15) is 0 Å². The summed E-state index contributed by atoms with van der Waals surface area (Å²) in [5, 5.41) is 6.24. The predicted octanol–water partition coefficient (Wildman–Crippen LogP) is 0.132. The van der Waals surface area contributed by atoms with E-state index in [0.717, 1.165) is 17.6 Å². The highest BCUT2D eigenvalue weighted by molar-refractivity contribution is 8.07. The van der Waals surface area contributed by atoms with Gasteiger partial charge in [0.05, 0.1) is 17.6 Å². The Bertz CT molecular complexity index is 30.8. The molecule has 0 aromatic rings. The van der Waals surface area contributed by atoms with Crippen LogP contribution in [0.3, 0.4) is 0 Å². The van der Waals surface area contributed by atoms with E-state index < -0.39 is 0 Å². The molecule has 0 aliphatic heterocycles. The minimum Gasteiger partial charge on any atom is -0.299 e. The normalized spacial score (nSPS) is 7.40. The first-order valence-electron chi connectivity index (χ1n) is 0.927. The third kappa shape index (κ3) is 3.94. The van der Waals surface area contributed by atoms with E-state index in [4.69, 9.17) is 5.41 Å². The Hall–Kier alpha value is -0.0600. The average Bonchev–Trinajstić information content (AvgIpc) is 1.41. The average molecular weight is 92.1 g/mol. The van der Waals surface area contributed by atoms with Gasteiger partial charge in [-0.3, -0.25) is 5.41 Å². The Balaban J connectivity index is 2.40. The molecule has 0 aromatic carbocycles. The van der Waals surface area contributed by atoms with Crippen LogP contribution in [0.2, 0.25) is 0 Å². The SMILES string of the molecule is N=CSON. The Morgan fingerprint density at radius 1 is 2.00 bits per heavy atom. The molecule has 0 saturated heterocycles. The van der Waals surface area contributed by atoms with Crippen LogP contribution in [0.15, 0.2) is 0 Å². The maximum Gasteiger partial charge on any atom is 0.0804 e. The summed E-state index contributed by atoms with van der Waals surface area (Å²) in [4.78, 5) is 0. The smallest absolute Gasteiger partial charge is 0.0804 e. The number of nitrogens with two attached hydrogens (primary N) is 1. The first kappa shape index (κ1) is 4.94. The Morgan fingerprint density at radius 2 is 2.60 bits per heavy atom. The highest BCUT2D eigenvalue weighted by Gasteiger charge is 1.62. The predicted molar refractivity (Wildman–Crippen MR) is 21.6 cm³/mol. The van der Waals surface area contributed by atoms with Crippen molar-refractivity contribution in [2.75, 3.05) is 0 Å². The standard InChI is InChI=1S/CH4N2OS/c2-1-5-4-3/h1-2H,3H2. The van der Waals surface area contributed by atoms with E-state index in [9.17, 15) is 0 Å². The Morgan fingerprint density at radius 3 is 2.60 bits per heavy atom. The fraction of sp³-hybridized carbons (Fsp3) is 0. The van der Waals surface area contributed by atoms with Crippen LogP contribution in [0.25, 0.3) is 0 Å². The minimum absolute atomic E-state index is 0.782. The molecule has 5 heavy (non-hydrogen) atoms. The van der Waals surface area contributed by atoms with E-state index >= 15 is 0 Å². The molecule has 0 unspecified atom stereocenters. The molecule has 0 atom stereocenters. The van der Waals surface area contributed by atoms with Crippen molar-refractivity contribution in [2.24, 2.45) is 5.90 Å². The summed E-state index contributed by atoms with van der Waals surface area (Å²) >= 11 is 0.782. The summed E-state index contributed by atoms with van der Waals surface area (Å²) in [6.07, 6.45) is 0. The molecule has 0 aromatic heterocycles. The molecule has 0 aliphatic carbocycles. The number of nitrogens with one attached hydrogen (secondary N) is 1. The topological polar surface area (TPSA) is 59.1 Å². The second-order valence-corrected chi connectivity index (χ2v) is 0.931. The summed E-state index contributed by atoms with van der Waals surface area (Å²) < 4.78 is 3.86. The van der Waals surface area contributed by atoms with Gasteiger partial charge in [-0.15, -0.1) is 0 Å². The van der Waals surface area contributed by atoms with Crippen molar-refractivity contribution >= 4 is 17.6 Å². The monoisotopic (exact) mass is 92.0 g/mol. The molecule has 0 bridgehead atoms. The van der Waals surface area contributed by atoms with Gasteiger partial charge in [-0.2, -0.15) is 0 Å². The van der Waals surface area contributed by atoms with Crippen LogP contribution in [0, 0.1) is 5.41 Å². The molecule has 4 heteroatoms. The van der Waals surface area contributed by atoms with Crippen molar-refractivity contribution < 1.29 is 4.28 Å². The summed E-state index contributed by atoms with van der Waals surface area (Å²) in [6.45, 7) is 0. The summed E-state index contributed by atoms with van der Waals surface area (Å²) in [5.41, 5.74) is 1.00. The fourth-order valence-corrected chi connectivity index (χ4v) is 0.0833. The highest BCUT2D eigenvalue weighted by Crippen LogP contribution is 1.84. The van der Waals surface area contributed by atoms with E-state index in [0.29, 0.717) is 0 Å². The molecule has 0 fully saturated rings. The lowest BCUT2D eigenvalue weighted by Crippen LogP contribution is -1.85. The van der Waals surface area contributed by atoms with Crippen molar-refractivity contribution in [1.82, 2.24) is 0 Å².